The van der Waals surface area contributed by atoms with Crippen LogP contribution in [0, 0.1) is 6.92 Å². The minimum Gasteiger partial charge on any atom is -0.371 e. The lowest BCUT2D eigenvalue weighted by molar-refractivity contribution is -0.174. The predicted octanol–water partition coefficient (Wildman–Crippen LogP) is 3.66. The molecule has 1 atom stereocenters. The van der Waals surface area contributed by atoms with Crippen molar-refractivity contribution in [2.24, 2.45) is 0 Å². The minimum absolute atomic E-state index is 0.0653. The molecule has 0 spiro atoms. The summed E-state index contributed by atoms with van der Waals surface area (Å²) in [5.74, 6) is -0.0653. The van der Waals surface area contributed by atoms with Crippen LogP contribution in [0.25, 0.3) is 0 Å². The summed E-state index contributed by atoms with van der Waals surface area (Å²) in [6, 6.07) is 7.83. The molecule has 1 aromatic carbocycles. The Hall–Kier alpha value is -1.07. The first-order valence-corrected chi connectivity index (χ1v) is 6.84. The van der Waals surface area contributed by atoms with Crippen LogP contribution in [-0.4, -0.2) is 32.5 Å². The van der Waals surface area contributed by atoms with Gasteiger partial charge in [0, 0.05) is 12.5 Å². The first kappa shape index (κ1) is 17.0. The molecule has 0 heterocycles. The largest absolute Gasteiger partial charge is 0.411 e. The number of halogens is 3. The van der Waals surface area contributed by atoms with Gasteiger partial charge in [0.25, 0.3) is 0 Å². The summed E-state index contributed by atoms with van der Waals surface area (Å²) in [6.45, 7) is 4.38. The van der Waals surface area contributed by atoms with Crippen LogP contribution in [0.2, 0.25) is 0 Å². The molecule has 1 aromatic rings. The summed E-state index contributed by atoms with van der Waals surface area (Å²) >= 11 is 0. The van der Waals surface area contributed by atoms with Crippen LogP contribution in [0.5, 0.6) is 0 Å². The van der Waals surface area contributed by atoms with Crippen molar-refractivity contribution in [3.8, 4) is 0 Å². The number of ether oxygens (including phenoxy) is 1. The van der Waals surface area contributed by atoms with Crippen molar-refractivity contribution >= 4 is 0 Å². The number of hydrogen-bond acceptors (Lipinski definition) is 2. The molecule has 0 radical (unpaired) electrons. The van der Waals surface area contributed by atoms with Gasteiger partial charge >= 0.3 is 6.18 Å². The summed E-state index contributed by atoms with van der Waals surface area (Å²) < 4.78 is 41.2. The fourth-order valence-corrected chi connectivity index (χ4v) is 1.88. The first-order chi connectivity index (χ1) is 9.42. The van der Waals surface area contributed by atoms with E-state index >= 15 is 0 Å². The van der Waals surface area contributed by atoms with E-state index in [1.807, 2.05) is 38.1 Å². The molecule has 0 aromatic heterocycles. The standard InChI is InChI=1S/C15H22F3NO/c1-3-8-19-9-14(10-20-11-15(16,17)18)13-6-4-12(2)5-7-13/h4-7,14,19H,3,8-11H2,1-2H3. The van der Waals surface area contributed by atoms with Gasteiger partial charge in [-0.15, -0.1) is 0 Å². The van der Waals surface area contributed by atoms with Gasteiger partial charge in [0.1, 0.15) is 6.61 Å². The molecule has 2 nitrogen and oxygen atoms in total. The van der Waals surface area contributed by atoms with E-state index < -0.39 is 12.8 Å². The fourth-order valence-electron chi connectivity index (χ4n) is 1.88. The molecule has 0 saturated heterocycles. The highest BCUT2D eigenvalue weighted by Crippen LogP contribution is 2.19. The van der Waals surface area contributed by atoms with Crippen LogP contribution in [0.15, 0.2) is 24.3 Å². The number of alkyl halides is 3. The molecular weight excluding hydrogens is 267 g/mol. The van der Waals surface area contributed by atoms with Gasteiger partial charge in [-0.2, -0.15) is 13.2 Å². The molecule has 0 saturated carbocycles. The topological polar surface area (TPSA) is 21.3 Å². The Bertz CT molecular complexity index is 376. The molecule has 0 aliphatic rings. The Balaban J connectivity index is 2.57. The van der Waals surface area contributed by atoms with E-state index in [0.29, 0.717) is 6.54 Å². The molecule has 20 heavy (non-hydrogen) atoms. The number of aryl methyl sites for hydroxylation is 1. The van der Waals surface area contributed by atoms with Gasteiger partial charge in [0.15, 0.2) is 0 Å². The van der Waals surface area contributed by atoms with Crippen molar-refractivity contribution in [3.63, 3.8) is 0 Å². The minimum atomic E-state index is -4.27. The molecule has 0 fully saturated rings. The van der Waals surface area contributed by atoms with Crippen molar-refractivity contribution in [1.82, 2.24) is 5.32 Å². The van der Waals surface area contributed by atoms with E-state index in [0.717, 1.165) is 24.1 Å². The summed E-state index contributed by atoms with van der Waals surface area (Å²) in [5, 5.41) is 3.23. The molecule has 1 N–H and O–H groups in total. The van der Waals surface area contributed by atoms with Crippen LogP contribution in [0.4, 0.5) is 13.2 Å². The van der Waals surface area contributed by atoms with Gasteiger partial charge in [-0.3, -0.25) is 0 Å². The summed E-state index contributed by atoms with van der Waals surface area (Å²) in [7, 11) is 0. The number of benzene rings is 1. The van der Waals surface area contributed by atoms with Crippen molar-refractivity contribution in [2.75, 3.05) is 26.3 Å². The van der Waals surface area contributed by atoms with Crippen LogP contribution in [0.1, 0.15) is 30.4 Å². The van der Waals surface area contributed by atoms with Crippen LogP contribution < -0.4 is 5.32 Å². The Labute approximate surface area is 118 Å². The van der Waals surface area contributed by atoms with E-state index in [1.165, 1.54) is 0 Å². The van der Waals surface area contributed by atoms with Gasteiger partial charge in [0.2, 0.25) is 0 Å². The Morgan fingerprint density at radius 2 is 1.85 bits per heavy atom. The molecule has 0 aliphatic carbocycles. The van der Waals surface area contributed by atoms with Crippen LogP contribution in [-0.2, 0) is 4.74 Å². The van der Waals surface area contributed by atoms with E-state index in [2.05, 4.69) is 5.32 Å². The van der Waals surface area contributed by atoms with Gasteiger partial charge in [-0.25, -0.2) is 0 Å². The van der Waals surface area contributed by atoms with E-state index in [9.17, 15) is 13.2 Å². The Morgan fingerprint density at radius 3 is 2.40 bits per heavy atom. The van der Waals surface area contributed by atoms with Gasteiger partial charge in [-0.1, -0.05) is 36.8 Å². The van der Waals surface area contributed by atoms with Gasteiger partial charge < -0.3 is 10.1 Å². The highest BCUT2D eigenvalue weighted by atomic mass is 19.4. The summed E-state index contributed by atoms with van der Waals surface area (Å²) in [6.07, 6.45) is -3.28. The van der Waals surface area contributed by atoms with E-state index in [1.54, 1.807) is 0 Å². The highest BCUT2D eigenvalue weighted by molar-refractivity contribution is 5.24. The van der Waals surface area contributed by atoms with Crippen molar-refractivity contribution in [2.45, 2.75) is 32.4 Å². The lowest BCUT2D eigenvalue weighted by atomic mass is 9.99. The van der Waals surface area contributed by atoms with Crippen molar-refractivity contribution < 1.29 is 17.9 Å². The molecule has 114 valence electrons. The molecule has 1 rings (SSSR count). The third-order valence-corrected chi connectivity index (χ3v) is 2.95. The molecule has 0 amide bonds. The highest BCUT2D eigenvalue weighted by Gasteiger charge is 2.28. The SMILES string of the molecule is CCCNCC(COCC(F)(F)F)c1ccc(C)cc1. The maximum absolute atomic E-state index is 12.1. The third kappa shape index (κ3) is 6.91. The lowest BCUT2D eigenvalue weighted by Gasteiger charge is -2.19. The Morgan fingerprint density at radius 1 is 1.20 bits per heavy atom. The molecule has 1 unspecified atom stereocenters. The second-order valence-corrected chi connectivity index (χ2v) is 4.94. The predicted molar refractivity (Wildman–Crippen MR) is 74.0 cm³/mol. The monoisotopic (exact) mass is 289 g/mol. The molecule has 5 heteroatoms. The van der Waals surface area contributed by atoms with Gasteiger partial charge in [-0.05, 0) is 25.5 Å². The summed E-state index contributed by atoms with van der Waals surface area (Å²) in [5.41, 5.74) is 2.13. The van der Waals surface area contributed by atoms with Crippen LogP contribution in [0.3, 0.4) is 0 Å². The second kappa shape index (κ2) is 8.27. The fraction of sp³-hybridized carbons (Fsp3) is 0.600. The zero-order chi connectivity index (χ0) is 15.0. The van der Waals surface area contributed by atoms with Gasteiger partial charge in [0.05, 0.1) is 6.61 Å². The maximum Gasteiger partial charge on any atom is 0.411 e. The second-order valence-electron chi connectivity index (χ2n) is 4.94. The average Bonchev–Trinajstić information content (AvgIpc) is 2.37. The smallest absolute Gasteiger partial charge is 0.371 e. The van der Waals surface area contributed by atoms with Crippen molar-refractivity contribution in [3.05, 3.63) is 35.4 Å². The number of nitrogens with one attached hydrogen (secondary N) is 1. The zero-order valence-electron chi connectivity index (χ0n) is 12.0. The normalized spacial score (nSPS) is 13.4. The molecule has 0 bridgehead atoms. The molecular formula is C15H22F3NO. The Kier molecular flexibility index (Phi) is 7.02. The van der Waals surface area contributed by atoms with E-state index in [-0.39, 0.29) is 12.5 Å². The molecule has 0 aliphatic heterocycles. The number of hydrogen-bond donors (Lipinski definition) is 1. The third-order valence-electron chi connectivity index (χ3n) is 2.95. The zero-order valence-corrected chi connectivity index (χ0v) is 12.0. The van der Waals surface area contributed by atoms with Crippen LogP contribution >= 0.6 is 0 Å². The maximum atomic E-state index is 12.1. The average molecular weight is 289 g/mol. The summed E-state index contributed by atoms with van der Waals surface area (Å²) in [4.78, 5) is 0. The first-order valence-electron chi connectivity index (χ1n) is 6.84. The number of rotatable bonds is 8. The lowest BCUT2D eigenvalue weighted by Crippen LogP contribution is -2.27. The van der Waals surface area contributed by atoms with Crippen molar-refractivity contribution in [1.29, 1.82) is 0 Å². The van der Waals surface area contributed by atoms with E-state index in [4.69, 9.17) is 4.74 Å². The quantitative estimate of drug-likeness (QED) is 0.737.